The van der Waals surface area contributed by atoms with E-state index in [1.807, 2.05) is 0 Å². The van der Waals surface area contributed by atoms with Gasteiger partial charge in [0.2, 0.25) is 0 Å². The Bertz CT molecular complexity index is 3280. The fourth-order valence-corrected chi connectivity index (χ4v) is 12.6. The van der Waals surface area contributed by atoms with E-state index in [2.05, 4.69) is 203 Å². The third kappa shape index (κ3) is 6.52. The largest absolute Gasteiger partial charge is 0.248 e. The van der Waals surface area contributed by atoms with Gasteiger partial charge in [0, 0.05) is 16.4 Å². The number of aromatic nitrogens is 1. The van der Waals surface area contributed by atoms with E-state index < -0.39 is 0 Å². The quantitative estimate of drug-likeness (QED) is 0.105. The molecule has 1 aromatic heterocycles. The minimum atomic E-state index is -0.367. The molecule has 0 N–H and O–H groups in total. The third-order valence-corrected chi connectivity index (χ3v) is 15.9. The van der Waals surface area contributed by atoms with Crippen molar-refractivity contribution in [2.75, 3.05) is 0 Å². The average molecular weight is 866 g/mol. The first-order chi connectivity index (χ1) is 33.0. The van der Waals surface area contributed by atoms with E-state index in [-0.39, 0.29) is 10.8 Å². The molecule has 8 aromatic carbocycles. The molecule has 1 unspecified atom stereocenters. The first-order valence-corrected chi connectivity index (χ1v) is 25.2. The van der Waals surface area contributed by atoms with Crippen LogP contribution < -0.4 is 0 Å². The highest BCUT2D eigenvalue weighted by atomic mass is 14.7. The molecule has 0 bridgehead atoms. The van der Waals surface area contributed by atoms with Crippen LogP contribution in [0.5, 0.6) is 0 Å². The van der Waals surface area contributed by atoms with Crippen LogP contribution in [0.1, 0.15) is 122 Å². The summed E-state index contributed by atoms with van der Waals surface area (Å²) in [4.78, 5) is 5.57. The molecule has 3 aliphatic rings. The minimum Gasteiger partial charge on any atom is -0.248 e. The van der Waals surface area contributed by atoms with Crippen molar-refractivity contribution in [2.24, 2.45) is 0 Å². The molecule has 0 fully saturated rings. The molecule has 328 valence electrons. The molecule has 0 amide bonds. The van der Waals surface area contributed by atoms with Gasteiger partial charge in [0.1, 0.15) is 0 Å². The molecule has 1 nitrogen and oxygen atoms in total. The third-order valence-electron chi connectivity index (χ3n) is 15.9. The number of nitrogens with zero attached hydrogens (tertiary/aromatic N) is 1. The van der Waals surface area contributed by atoms with Gasteiger partial charge < -0.3 is 0 Å². The second-order valence-corrected chi connectivity index (χ2v) is 19.8. The average Bonchev–Trinajstić information content (AvgIpc) is 3.96. The highest BCUT2D eigenvalue weighted by Gasteiger charge is 2.52. The first-order valence-electron chi connectivity index (χ1n) is 25.2. The first kappa shape index (κ1) is 41.6. The van der Waals surface area contributed by atoms with Gasteiger partial charge in [-0.3, -0.25) is 0 Å². The lowest BCUT2D eigenvalue weighted by Crippen LogP contribution is -2.25. The van der Waals surface area contributed by atoms with Crippen molar-refractivity contribution in [3.05, 3.63) is 232 Å². The Labute approximate surface area is 397 Å². The van der Waals surface area contributed by atoms with Gasteiger partial charge in [0.15, 0.2) is 0 Å². The van der Waals surface area contributed by atoms with Gasteiger partial charge in [0.05, 0.1) is 16.6 Å². The summed E-state index contributed by atoms with van der Waals surface area (Å²) in [6.07, 6.45) is 12.4. The number of fused-ring (bicyclic) bond motifs is 15. The van der Waals surface area contributed by atoms with Gasteiger partial charge in [-0.25, -0.2) is 4.98 Å². The number of pyridine rings is 1. The molecular weight excluding hydrogens is 807 g/mol. The van der Waals surface area contributed by atoms with Crippen LogP contribution in [-0.2, 0) is 23.7 Å². The predicted molar refractivity (Wildman–Crippen MR) is 282 cm³/mol. The summed E-state index contributed by atoms with van der Waals surface area (Å²) in [6.45, 7) is 7.13. The number of aryl methyl sites for hydroxylation is 2. The second-order valence-electron chi connectivity index (χ2n) is 19.8. The van der Waals surface area contributed by atoms with Gasteiger partial charge in [-0.1, -0.05) is 210 Å². The van der Waals surface area contributed by atoms with Crippen LogP contribution in [0.2, 0.25) is 0 Å². The minimum absolute atomic E-state index is 0.355. The van der Waals surface area contributed by atoms with Crippen LogP contribution in [0.25, 0.3) is 66.7 Å². The number of unbranched alkanes of at least 4 members (excludes halogenated alkanes) is 6. The number of rotatable bonds is 13. The van der Waals surface area contributed by atoms with E-state index in [0.29, 0.717) is 0 Å². The van der Waals surface area contributed by atoms with Crippen molar-refractivity contribution in [3.8, 4) is 55.8 Å². The van der Waals surface area contributed by atoms with Gasteiger partial charge in [-0.2, -0.15) is 0 Å². The van der Waals surface area contributed by atoms with Crippen LogP contribution in [-0.4, -0.2) is 4.98 Å². The summed E-state index contributed by atoms with van der Waals surface area (Å²) in [5.41, 5.74) is 25.6. The summed E-state index contributed by atoms with van der Waals surface area (Å²) < 4.78 is 0. The van der Waals surface area contributed by atoms with Crippen molar-refractivity contribution in [3.63, 3.8) is 0 Å². The Morgan fingerprint density at radius 2 is 0.925 bits per heavy atom. The molecule has 0 aliphatic heterocycles. The molecule has 67 heavy (non-hydrogen) atoms. The summed E-state index contributed by atoms with van der Waals surface area (Å²) in [5.74, 6) is 0. The maximum Gasteiger partial charge on any atom is 0.0725 e. The Hall–Kier alpha value is -6.83. The molecule has 0 saturated carbocycles. The maximum absolute atomic E-state index is 5.57. The number of hydrogen-bond acceptors (Lipinski definition) is 1. The molecule has 1 atom stereocenters. The SMILES string of the molecule is CCCCCCc1cc(CCCCCC)cc(C2(C)c3cc(-c4ccccc4)ccc3-c3ccc(-c4ccc5c6c(ccc5n4)C4(c5ccccc5-c5ccccc54)c4ccccc4-6)cc32)c1. The van der Waals surface area contributed by atoms with Crippen LogP contribution in [0.3, 0.4) is 0 Å². The Morgan fingerprint density at radius 1 is 0.388 bits per heavy atom. The van der Waals surface area contributed by atoms with Gasteiger partial charge in [0.25, 0.3) is 0 Å². The molecule has 12 rings (SSSR count). The van der Waals surface area contributed by atoms with E-state index in [9.17, 15) is 0 Å². The molecule has 1 spiro atoms. The van der Waals surface area contributed by atoms with Crippen molar-refractivity contribution >= 4 is 10.9 Å². The number of hydrogen-bond donors (Lipinski definition) is 0. The molecule has 0 radical (unpaired) electrons. The van der Waals surface area contributed by atoms with Crippen LogP contribution in [0.4, 0.5) is 0 Å². The maximum atomic E-state index is 5.57. The van der Waals surface area contributed by atoms with E-state index in [4.69, 9.17) is 4.98 Å². The summed E-state index contributed by atoms with van der Waals surface area (Å²) in [6, 6.07) is 69.6. The fourth-order valence-electron chi connectivity index (χ4n) is 12.6. The normalized spacial score (nSPS) is 15.6. The van der Waals surface area contributed by atoms with Gasteiger partial charge in [-0.05, 0) is 151 Å². The zero-order chi connectivity index (χ0) is 45.1. The smallest absolute Gasteiger partial charge is 0.0725 e. The summed E-state index contributed by atoms with van der Waals surface area (Å²) in [5, 5.41) is 1.21. The molecule has 1 heterocycles. The number of benzene rings is 8. The second kappa shape index (κ2) is 16.8. The van der Waals surface area contributed by atoms with Crippen LogP contribution >= 0.6 is 0 Å². The summed E-state index contributed by atoms with van der Waals surface area (Å²) >= 11 is 0. The van der Waals surface area contributed by atoms with E-state index in [0.717, 1.165) is 29.6 Å². The lowest BCUT2D eigenvalue weighted by atomic mass is 9.70. The molecule has 9 aromatic rings. The van der Waals surface area contributed by atoms with E-state index >= 15 is 0 Å². The van der Waals surface area contributed by atoms with Crippen molar-refractivity contribution in [1.29, 1.82) is 0 Å². The van der Waals surface area contributed by atoms with Crippen LogP contribution in [0.15, 0.2) is 182 Å². The van der Waals surface area contributed by atoms with Crippen LogP contribution in [0, 0.1) is 0 Å². The molecule has 0 saturated heterocycles. The monoisotopic (exact) mass is 865 g/mol. The molecule has 3 aliphatic carbocycles. The highest BCUT2D eigenvalue weighted by molar-refractivity contribution is 6.05. The zero-order valence-corrected chi connectivity index (χ0v) is 39.3. The Balaban J connectivity index is 1.00. The fraction of sp³-hybridized carbons (Fsp3) is 0.227. The van der Waals surface area contributed by atoms with Crippen molar-refractivity contribution in [2.45, 2.75) is 95.8 Å². The highest BCUT2D eigenvalue weighted by Crippen LogP contribution is 2.63. The van der Waals surface area contributed by atoms with E-state index in [1.54, 1.807) is 0 Å². The zero-order valence-electron chi connectivity index (χ0n) is 39.3. The summed E-state index contributed by atoms with van der Waals surface area (Å²) in [7, 11) is 0. The van der Waals surface area contributed by atoms with E-state index in [1.165, 1.54) is 151 Å². The Morgan fingerprint density at radius 3 is 1.55 bits per heavy atom. The lowest BCUT2D eigenvalue weighted by Gasteiger charge is -2.30. The topological polar surface area (TPSA) is 12.9 Å². The predicted octanol–water partition coefficient (Wildman–Crippen LogP) is 17.5. The molecule has 1 heteroatoms. The standard InChI is InChI=1S/C66H59N/c1-4-6-8-11-21-44-39-45(22-12-9-7-5-2)41-49(40-44)65(3)60-42-47(46-23-13-10-14-24-46)31-33-52(60)53-34-32-48(43-61(53)65)62-37-35-55-63(67-62)38-36-59-64(55)54-27-17-20-30-58(54)66(59)56-28-18-15-25-50(56)51-26-16-19-29-57(51)66/h10,13-20,23-43H,4-9,11-12,21-22H2,1-3H3. The van der Waals surface area contributed by atoms with Crippen molar-refractivity contribution in [1.82, 2.24) is 4.98 Å². The van der Waals surface area contributed by atoms with Crippen molar-refractivity contribution < 1.29 is 0 Å². The Kier molecular flexibility index (Phi) is 10.4. The lowest BCUT2D eigenvalue weighted by molar-refractivity contribution is 0.656. The van der Waals surface area contributed by atoms with Gasteiger partial charge in [-0.15, -0.1) is 0 Å². The van der Waals surface area contributed by atoms with Gasteiger partial charge >= 0.3 is 0 Å². The molecular formula is C66H59N.